The van der Waals surface area contributed by atoms with Crippen molar-refractivity contribution in [2.24, 2.45) is 0 Å². The zero-order valence-electron chi connectivity index (χ0n) is 25.1. The number of aromatic nitrogens is 5. The Kier molecular flexibility index (Phi) is 10.3. The SMILES string of the molecule is Cc1c(NC(=O)OC[C@@H]2COCCN2)cn2ncnc(Nc3ccc4c(cnn4Cc4cccc(F)c4)c3)c12.O=C(O)/C=C\C(=O)O. The van der Waals surface area contributed by atoms with Crippen molar-refractivity contribution in [3.05, 3.63) is 90.3 Å². The van der Waals surface area contributed by atoms with Crippen molar-refractivity contribution in [1.82, 2.24) is 29.7 Å². The average molecular weight is 647 g/mol. The molecule has 0 spiro atoms. The fourth-order valence-electron chi connectivity index (χ4n) is 4.81. The molecule has 0 radical (unpaired) electrons. The molecule has 6 rings (SSSR count). The number of aryl methyl sites for hydroxylation is 1. The standard InChI is InChI=1S/C27H27FN8O3.C4H4O4/c1-17-23(34-27(37)39-15-22-14-38-8-7-29-22)13-36-25(17)26(30-16-32-36)33-21-5-6-24-19(10-21)11-31-35(24)12-18-3-2-4-20(28)9-18;5-3(6)1-2-4(7)8/h2-6,9-11,13,16,22,29H,7-8,12,14-15H2,1H3,(H,34,37)(H,30,32,33);1-2H,(H,5,6)(H,7,8)/b;2-1-/t22-;/m0./s1. The molecule has 1 saturated heterocycles. The van der Waals surface area contributed by atoms with Crippen molar-refractivity contribution >= 4 is 51.6 Å². The van der Waals surface area contributed by atoms with Gasteiger partial charge >= 0.3 is 18.0 Å². The van der Waals surface area contributed by atoms with Gasteiger partial charge in [-0.05, 0) is 42.8 Å². The number of carbonyl (C=O) groups is 3. The average Bonchev–Trinajstić information content (AvgIpc) is 3.59. The Labute approximate surface area is 266 Å². The molecule has 0 bridgehead atoms. The third-order valence-corrected chi connectivity index (χ3v) is 6.97. The van der Waals surface area contributed by atoms with Crippen LogP contribution in [-0.4, -0.2) is 85.0 Å². The normalized spacial score (nSPS) is 14.5. The van der Waals surface area contributed by atoms with Crippen LogP contribution in [0.2, 0.25) is 0 Å². The van der Waals surface area contributed by atoms with Gasteiger partial charge in [0.2, 0.25) is 0 Å². The van der Waals surface area contributed by atoms with Gasteiger partial charge < -0.3 is 30.3 Å². The minimum Gasteiger partial charge on any atom is -0.478 e. The number of halogens is 1. The molecule has 2 aromatic carbocycles. The van der Waals surface area contributed by atoms with Crippen LogP contribution in [-0.2, 0) is 25.6 Å². The molecule has 5 N–H and O–H groups in total. The van der Waals surface area contributed by atoms with Gasteiger partial charge in [-0.15, -0.1) is 0 Å². The molecule has 0 saturated carbocycles. The van der Waals surface area contributed by atoms with E-state index in [0.717, 1.165) is 39.8 Å². The second kappa shape index (κ2) is 14.9. The maximum atomic E-state index is 13.6. The van der Waals surface area contributed by atoms with E-state index in [2.05, 4.69) is 31.1 Å². The Bertz CT molecular complexity index is 1920. The number of carboxylic acids is 2. The van der Waals surface area contributed by atoms with Crippen LogP contribution in [0.15, 0.2) is 73.3 Å². The topological polar surface area (TPSA) is 194 Å². The Morgan fingerprint density at radius 3 is 2.68 bits per heavy atom. The van der Waals surface area contributed by atoms with Gasteiger partial charge in [-0.3, -0.25) is 10.00 Å². The van der Waals surface area contributed by atoms with Crippen LogP contribution in [0.3, 0.4) is 0 Å². The molecule has 15 nitrogen and oxygen atoms in total. The van der Waals surface area contributed by atoms with Crippen LogP contribution in [0.25, 0.3) is 16.4 Å². The van der Waals surface area contributed by atoms with Crippen molar-refractivity contribution in [2.75, 3.05) is 37.0 Å². The first kappa shape index (κ1) is 32.5. The Hall–Kier alpha value is -5.87. The van der Waals surface area contributed by atoms with Gasteiger partial charge in [0, 0.05) is 35.3 Å². The van der Waals surface area contributed by atoms with E-state index in [-0.39, 0.29) is 18.5 Å². The summed E-state index contributed by atoms with van der Waals surface area (Å²) < 4.78 is 27.8. The summed E-state index contributed by atoms with van der Waals surface area (Å²) in [4.78, 5) is 36.0. The Morgan fingerprint density at radius 2 is 1.96 bits per heavy atom. The Balaban J connectivity index is 0.000000483. The quantitative estimate of drug-likeness (QED) is 0.146. The van der Waals surface area contributed by atoms with E-state index in [9.17, 15) is 18.8 Å². The molecule has 0 aliphatic carbocycles. The van der Waals surface area contributed by atoms with Crippen molar-refractivity contribution in [2.45, 2.75) is 19.5 Å². The lowest BCUT2D eigenvalue weighted by Gasteiger charge is -2.23. The smallest absolute Gasteiger partial charge is 0.411 e. The molecule has 1 aliphatic heterocycles. The van der Waals surface area contributed by atoms with Gasteiger partial charge in [-0.1, -0.05) is 12.1 Å². The van der Waals surface area contributed by atoms with Gasteiger partial charge in [-0.25, -0.2) is 28.3 Å². The number of rotatable bonds is 9. The number of aliphatic carboxylic acids is 2. The third kappa shape index (κ3) is 8.65. The van der Waals surface area contributed by atoms with Crippen molar-refractivity contribution < 1.29 is 38.5 Å². The van der Waals surface area contributed by atoms with Crippen molar-refractivity contribution in [1.29, 1.82) is 0 Å². The lowest BCUT2D eigenvalue weighted by atomic mass is 10.2. The first-order valence-electron chi connectivity index (χ1n) is 14.3. The summed E-state index contributed by atoms with van der Waals surface area (Å²) in [6.07, 6.45) is 5.51. The molecule has 1 aliphatic rings. The molecule has 1 atom stereocenters. The predicted octanol–water partition coefficient (Wildman–Crippen LogP) is 3.57. The second-order valence-electron chi connectivity index (χ2n) is 10.4. The molecule has 3 aromatic heterocycles. The number of benzene rings is 2. The number of morpholine rings is 1. The molecule has 1 amide bonds. The van der Waals surface area contributed by atoms with E-state index in [4.69, 9.17) is 19.7 Å². The van der Waals surface area contributed by atoms with Gasteiger partial charge in [0.1, 0.15) is 24.3 Å². The van der Waals surface area contributed by atoms with Crippen LogP contribution in [0, 0.1) is 12.7 Å². The van der Waals surface area contributed by atoms with E-state index in [0.29, 0.717) is 43.4 Å². The molecule has 0 unspecified atom stereocenters. The van der Waals surface area contributed by atoms with Gasteiger partial charge in [0.15, 0.2) is 5.82 Å². The summed E-state index contributed by atoms with van der Waals surface area (Å²) in [5.74, 6) is -2.20. The molecule has 4 heterocycles. The lowest BCUT2D eigenvalue weighted by Crippen LogP contribution is -2.44. The van der Waals surface area contributed by atoms with Crippen LogP contribution in [0.1, 0.15) is 11.1 Å². The highest BCUT2D eigenvalue weighted by Crippen LogP contribution is 2.29. The van der Waals surface area contributed by atoms with Gasteiger partial charge in [0.25, 0.3) is 0 Å². The number of carboxylic acid groups (broad SMARTS) is 2. The van der Waals surface area contributed by atoms with Crippen LogP contribution < -0.4 is 16.0 Å². The van der Waals surface area contributed by atoms with Gasteiger partial charge in [0.05, 0.1) is 49.4 Å². The zero-order valence-corrected chi connectivity index (χ0v) is 25.1. The number of ether oxygens (including phenoxy) is 2. The number of nitrogens with zero attached hydrogens (tertiary/aromatic N) is 5. The summed E-state index contributed by atoms with van der Waals surface area (Å²) in [7, 11) is 0. The van der Waals surface area contributed by atoms with Crippen molar-refractivity contribution in [3.63, 3.8) is 0 Å². The highest BCUT2D eigenvalue weighted by Gasteiger charge is 2.18. The monoisotopic (exact) mass is 646 g/mol. The summed E-state index contributed by atoms with van der Waals surface area (Å²) >= 11 is 0. The molecule has 16 heteroatoms. The highest BCUT2D eigenvalue weighted by molar-refractivity contribution is 5.91. The molecule has 1 fully saturated rings. The number of fused-ring (bicyclic) bond motifs is 2. The van der Waals surface area contributed by atoms with Crippen molar-refractivity contribution in [3.8, 4) is 0 Å². The first-order valence-corrected chi connectivity index (χ1v) is 14.3. The number of amides is 1. The second-order valence-corrected chi connectivity index (χ2v) is 10.4. The maximum absolute atomic E-state index is 13.6. The van der Waals surface area contributed by atoms with Crippen LogP contribution >= 0.6 is 0 Å². The minimum atomic E-state index is -1.26. The van der Waals surface area contributed by atoms with Crippen LogP contribution in [0.5, 0.6) is 0 Å². The van der Waals surface area contributed by atoms with E-state index in [1.807, 2.05) is 35.9 Å². The number of hydrogen-bond donors (Lipinski definition) is 5. The van der Waals surface area contributed by atoms with E-state index < -0.39 is 18.0 Å². The number of anilines is 3. The fraction of sp³-hybridized carbons (Fsp3) is 0.226. The Morgan fingerprint density at radius 1 is 1.15 bits per heavy atom. The summed E-state index contributed by atoms with van der Waals surface area (Å²) in [6, 6.07) is 12.3. The molecule has 244 valence electrons. The molecule has 47 heavy (non-hydrogen) atoms. The van der Waals surface area contributed by atoms with E-state index in [1.165, 1.54) is 18.5 Å². The molecular formula is C31H31FN8O7. The molecule has 5 aromatic rings. The summed E-state index contributed by atoms with van der Waals surface area (Å²) in [5, 5.41) is 34.7. The predicted molar refractivity (Wildman–Crippen MR) is 168 cm³/mol. The first-order chi connectivity index (χ1) is 22.7. The highest BCUT2D eigenvalue weighted by atomic mass is 19.1. The number of nitrogens with one attached hydrogen (secondary N) is 3. The van der Waals surface area contributed by atoms with E-state index >= 15 is 0 Å². The fourth-order valence-corrected chi connectivity index (χ4v) is 4.81. The minimum absolute atomic E-state index is 0.0221. The van der Waals surface area contributed by atoms with Crippen LogP contribution in [0.4, 0.5) is 26.4 Å². The number of hydrogen-bond acceptors (Lipinski definition) is 10. The summed E-state index contributed by atoms with van der Waals surface area (Å²) in [5.41, 5.74) is 4.66. The van der Waals surface area contributed by atoms with Gasteiger partial charge in [-0.2, -0.15) is 10.2 Å². The van der Waals surface area contributed by atoms with E-state index in [1.54, 1.807) is 23.0 Å². The lowest BCUT2D eigenvalue weighted by molar-refractivity contribution is -0.134. The largest absolute Gasteiger partial charge is 0.478 e. The summed E-state index contributed by atoms with van der Waals surface area (Å²) in [6.45, 7) is 4.46. The maximum Gasteiger partial charge on any atom is 0.411 e. The number of carbonyl (C=O) groups excluding carboxylic acids is 1. The molecular weight excluding hydrogens is 615 g/mol. The third-order valence-electron chi connectivity index (χ3n) is 6.97. The zero-order chi connectivity index (χ0) is 33.3.